The zero-order valence-electron chi connectivity index (χ0n) is 21.3. The van der Waals surface area contributed by atoms with Crippen LogP contribution in [0.25, 0.3) is 0 Å². The van der Waals surface area contributed by atoms with Gasteiger partial charge in [-0.3, -0.25) is 4.79 Å². The summed E-state index contributed by atoms with van der Waals surface area (Å²) in [5, 5.41) is 17.9. The molecule has 2 heterocycles. The van der Waals surface area contributed by atoms with E-state index < -0.39 is 12.1 Å². The molecule has 1 saturated heterocycles. The van der Waals surface area contributed by atoms with Gasteiger partial charge in [-0.15, -0.1) is 0 Å². The Bertz CT molecular complexity index is 972. The minimum Gasteiger partial charge on any atom is -0.487 e. The second kappa shape index (κ2) is 11.5. The van der Waals surface area contributed by atoms with Gasteiger partial charge in [0.05, 0.1) is 24.7 Å². The molecule has 190 valence electrons. The molecule has 2 aromatic carbocycles. The summed E-state index contributed by atoms with van der Waals surface area (Å²) in [6, 6.07) is 16.1. The SMILES string of the molecule is CCc1ccc2c(c1)[C@@H](NC[C@@H](O)[C@H](Cc1ccccc1)NC(=O)C[C@H]1CCCO1)CC(C)(C)O2. The van der Waals surface area contributed by atoms with Gasteiger partial charge < -0.3 is 25.2 Å². The summed E-state index contributed by atoms with van der Waals surface area (Å²) in [5.41, 5.74) is 3.18. The van der Waals surface area contributed by atoms with E-state index in [0.29, 0.717) is 19.4 Å². The third-order valence-electron chi connectivity index (χ3n) is 7.06. The van der Waals surface area contributed by atoms with E-state index in [-0.39, 0.29) is 23.7 Å². The van der Waals surface area contributed by atoms with Gasteiger partial charge in [0.1, 0.15) is 11.4 Å². The Hall–Kier alpha value is -2.41. The first-order valence-corrected chi connectivity index (χ1v) is 13.0. The number of carbonyl (C=O) groups excluding carboxylic acids is 1. The lowest BCUT2D eigenvalue weighted by Crippen LogP contribution is -2.50. The molecule has 0 aliphatic carbocycles. The summed E-state index contributed by atoms with van der Waals surface area (Å²) < 4.78 is 11.9. The minimum absolute atomic E-state index is 0.0172. The van der Waals surface area contributed by atoms with Crippen LogP contribution in [0, 0.1) is 0 Å². The molecular formula is C29H40N2O4. The number of fused-ring (bicyclic) bond motifs is 1. The fourth-order valence-electron chi connectivity index (χ4n) is 5.14. The van der Waals surface area contributed by atoms with Crippen LogP contribution in [-0.2, 0) is 22.4 Å². The highest BCUT2D eigenvalue weighted by molar-refractivity contribution is 5.77. The van der Waals surface area contributed by atoms with Crippen molar-refractivity contribution in [3.63, 3.8) is 0 Å². The molecule has 1 fully saturated rings. The largest absolute Gasteiger partial charge is 0.487 e. The number of aliphatic hydroxyl groups excluding tert-OH is 1. The van der Waals surface area contributed by atoms with Gasteiger partial charge in [-0.2, -0.15) is 0 Å². The average Bonchev–Trinajstić information content (AvgIpc) is 3.34. The first kappa shape index (κ1) is 25.7. The van der Waals surface area contributed by atoms with Crippen molar-refractivity contribution in [2.24, 2.45) is 0 Å². The first-order chi connectivity index (χ1) is 16.8. The first-order valence-electron chi connectivity index (χ1n) is 13.0. The van der Waals surface area contributed by atoms with Crippen molar-refractivity contribution in [3.8, 4) is 5.75 Å². The molecule has 3 N–H and O–H groups in total. The maximum Gasteiger partial charge on any atom is 0.222 e. The maximum atomic E-state index is 12.8. The van der Waals surface area contributed by atoms with E-state index in [1.165, 1.54) is 5.56 Å². The van der Waals surface area contributed by atoms with E-state index in [9.17, 15) is 9.90 Å². The smallest absolute Gasteiger partial charge is 0.222 e. The van der Waals surface area contributed by atoms with Gasteiger partial charge >= 0.3 is 0 Å². The van der Waals surface area contributed by atoms with Crippen molar-refractivity contribution in [1.82, 2.24) is 10.6 Å². The summed E-state index contributed by atoms with van der Waals surface area (Å²) in [7, 11) is 0. The highest BCUT2D eigenvalue weighted by Crippen LogP contribution is 2.40. The lowest BCUT2D eigenvalue weighted by molar-refractivity contribution is -0.124. The molecular weight excluding hydrogens is 440 g/mol. The summed E-state index contributed by atoms with van der Waals surface area (Å²) in [4.78, 5) is 12.8. The van der Waals surface area contributed by atoms with E-state index in [2.05, 4.69) is 49.6 Å². The Balaban J connectivity index is 1.45. The Labute approximate surface area is 209 Å². The highest BCUT2D eigenvalue weighted by Gasteiger charge is 2.34. The van der Waals surface area contributed by atoms with Crippen molar-refractivity contribution < 1.29 is 19.4 Å². The molecule has 0 radical (unpaired) electrons. The van der Waals surface area contributed by atoms with E-state index in [4.69, 9.17) is 9.47 Å². The van der Waals surface area contributed by atoms with Crippen molar-refractivity contribution in [3.05, 3.63) is 65.2 Å². The standard InChI is InChI=1S/C29H40N2O4/c1-4-20-12-13-27-23(15-20)25(18-29(2,3)35-27)30-19-26(32)24(16-21-9-6-5-7-10-21)31-28(33)17-22-11-8-14-34-22/h5-7,9-10,12-13,15,22,24-26,30,32H,4,8,11,14,16-19H2,1-3H3,(H,31,33)/t22-,24+,25+,26-/m1/s1. The van der Waals surface area contributed by atoms with E-state index in [0.717, 1.165) is 49.2 Å². The molecule has 35 heavy (non-hydrogen) atoms. The number of amides is 1. The molecule has 0 bridgehead atoms. The molecule has 0 saturated carbocycles. The van der Waals surface area contributed by atoms with Crippen LogP contribution in [-0.4, -0.2) is 48.0 Å². The van der Waals surface area contributed by atoms with E-state index in [1.807, 2.05) is 30.3 Å². The number of aliphatic hydroxyl groups is 1. The Morgan fingerprint density at radius 3 is 2.69 bits per heavy atom. The predicted octanol–water partition coefficient (Wildman–Crippen LogP) is 4.10. The van der Waals surface area contributed by atoms with Gasteiger partial charge in [-0.1, -0.05) is 49.4 Å². The van der Waals surface area contributed by atoms with Crippen LogP contribution < -0.4 is 15.4 Å². The number of ether oxygens (including phenoxy) is 2. The molecule has 6 nitrogen and oxygen atoms in total. The number of hydrogen-bond acceptors (Lipinski definition) is 5. The van der Waals surface area contributed by atoms with Crippen LogP contribution >= 0.6 is 0 Å². The second-order valence-corrected chi connectivity index (χ2v) is 10.5. The predicted molar refractivity (Wildman–Crippen MR) is 138 cm³/mol. The Kier molecular flexibility index (Phi) is 8.47. The van der Waals surface area contributed by atoms with Crippen molar-refractivity contribution in [2.45, 2.75) is 89.2 Å². The van der Waals surface area contributed by atoms with Crippen LogP contribution in [0.15, 0.2) is 48.5 Å². The molecule has 1 amide bonds. The molecule has 4 rings (SSSR count). The third-order valence-corrected chi connectivity index (χ3v) is 7.06. The summed E-state index contributed by atoms with van der Waals surface area (Å²) in [6.45, 7) is 7.43. The monoisotopic (exact) mass is 480 g/mol. The number of aryl methyl sites for hydroxylation is 1. The minimum atomic E-state index is -0.743. The fraction of sp³-hybridized carbons (Fsp3) is 0.552. The highest BCUT2D eigenvalue weighted by atomic mass is 16.5. The fourth-order valence-corrected chi connectivity index (χ4v) is 5.14. The quantitative estimate of drug-likeness (QED) is 0.477. The molecule has 4 atom stereocenters. The second-order valence-electron chi connectivity index (χ2n) is 10.5. The number of benzene rings is 2. The molecule has 0 aromatic heterocycles. The lowest BCUT2D eigenvalue weighted by Gasteiger charge is -2.39. The molecule has 0 unspecified atom stereocenters. The van der Waals surface area contributed by atoms with Crippen LogP contribution in [0.5, 0.6) is 5.75 Å². The Morgan fingerprint density at radius 2 is 1.97 bits per heavy atom. The van der Waals surface area contributed by atoms with Gasteiger partial charge in [0.25, 0.3) is 0 Å². The molecule has 6 heteroatoms. The molecule has 2 aliphatic heterocycles. The summed E-state index contributed by atoms with van der Waals surface area (Å²) in [6.07, 6.45) is 3.82. The molecule has 2 aliphatic rings. The van der Waals surface area contributed by atoms with Crippen LogP contribution in [0.3, 0.4) is 0 Å². The van der Waals surface area contributed by atoms with Crippen molar-refractivity contribution >= 4 is 5.91 Å². The van der Waals surface area contributed by atoms with Gasteiger partial charge in [0, 0.05) is 31.2 Å². The van der Waals surface area contributed by atoms with Gasteiger partial charge in [0.15, 0.2) is 0 Å². The van der Waals surface area contributed by atoms with Crippen molar-refractivity contribution in [2.75, 3.05) is 13.2 Å². The average molecular weight is 481 g/mol. The van der Waals surface area contributed by atoms with Crippen LogP contribution in [0.4, 0.5) is 0 Å². The van der Waals surface area contributed by atoms with Gasteiger partial charge in [-0.05, 0) is 56.7 Å². The van der Waals surface area contributed by atoms with Gasteiger partial charge in [-0.25, -0.2) is 0 Å². The topological polar surface area (TPSA) is 79.8 Å². The number of rotatable bonds is 10. The van der Waals surface area contributed by atoms with Crippen LogP contribution in [0.1, 0.15) is 69.2 Å². The van der Waals surface area contributed by atoms with E-state index in [1.54, 1.807) is 0 Å². The molecule has 2 aromatic rings. The van der Waals surface area contributed by atoms with Gasteiger partial charge in [0.2, 0.25) is 5.91 Å². The normalized spacial score (nSPS) is 22.6. The number of carbonyl (C=O) groups is 1. The van der Waals surface area contributed by atoms with E-state index >= 15 is 0 Å². The zero-order valence-corrected chi connectivity index (χ0v) is 21.3. The number of nitrogens with one attached hydrogen (secondary N) is 2. The molecule has 0 spiro atoms. The third kappa shape index (κ3) is 7.06. The van der Waals surface area contributed by atoms with Crippen LogP contribution in [0.2, 0.25) is 0 Å². The Morgan fingerprint density at radius 1 is 1.17 bits per heavy atom. The van der Waals surface area contributed by atoms with Crippen molar-refractivity contribution in [1.29, 1.82) is 0 Å². The summed E-state index contributed by atoms with van der Waals surface area (Å²) in [5.74, 6) is 0.832. The zero-order chi connectivity index (χ0) is 24.8. The lowest BCUT2D eigenvalue weighted by atomic mass is 9.88. The summed E-state index contributed by atoms with van der Waals surface area (Å²) >= 11 is 0. The maximum absolute atomic E-state index is 12.8. The number of hydrogen-bond donors (Lipinski definition) is 3.